The van der Waals surface area contributed by atoms with Crippen LogP contribution in [0.4, 0.5) is 8.78 Å². The summed E-state index contributed by atoms with van der Waals surface area (Å²) in [6.45, 7) is 3.13. The number of halogens is 2. The molecule has 1 aliphatic heterocycles. The van der Waals surface area contributed by atoms with Gasteiger partial charge in [0.25, 0.3) is 0 Å². The van der Waals surface area contributed by atoms with Gasteiger partial charge in [-0.2, -0.15) is 4.65 Å². The zero-order valence-electron chi connectivity index (χ0n) is 18.5. The summed E-state index contributed by atoms with van der Waals surface area (Å²) < 4.78 is 27.2. The number of likely N-dealkylation sites (tertiary alicyclic amines) is 1. The predicted molar refractivity (Wildman–Crippen MR) is 106 cm³/mol. The molecule has 174 valence electrons. The van der Waals surface area contributed by atoms with Gasteiger partial charge in [-0.3, -0.25) is 9.59 Å². The van der Waals surface area contributed by atoms with Crippen LogP contribution in [0.3, 0.4) is 0 Å². The van der Waals surface area contributed by atoms with E-state index in [1.165, 1.54) is 17.0 Å². The molecule has 0 spiro atoms. The molecular weight excluding hydrogens is 412 g/mol. The third-order valence-corrected chi connectivity index (χ3v) is 4.48. The van der Waals surface area contributed by atoms with Gasteiger partial charge in [-0.15, -0.1) is 0 Å². The number of hydroxylamine groups is 3. The fraction of sp³-hybridized carbons (Fsp3) is 0.571. The van der Waals surface area contributed by atoms with Crippen LogP contribution in [0.5, 0.6) is 0 Å². The van der Waals surface area contributed by atoms with Crippen LogP contribution in [0.25, 0.3) is 0 Å². The second-order valence-corrected chi connectivity index (χ2v) is 8.68. The van der Waals surface area contributed by atoms with E-state index in [2.05, 4.69) is 5.32 Å². The first-order valence-corrected chi connectivity index (χ1v) is 9.97. The molecule has 1 aromatic carbocycles. The number of carboxylic acids is 1. The normalized spacial score (nSPS) is 17.3. The Balaban J connectivity index is 0.000000861. The van der Waals surface area contributed by atoms with E-state index in [1.807, 2.05) is 0 Å². The van der Waals surface area contributed by atoms with E-state index in [9.17, 15) is 28.3 Å². The molecule has 0 unspecified atom stereocenters. The number of carbonyl (C=O) groups is 3. The predicted octanol–water partition coefficient (Wildman–Crippen LogP) is 0.818. The summed E-state index contributed by atoms with van der Waals surface area (Å²) in [4.78, 5) is 36.7. The van der Waals surface area contributed by atoms with Gasteiger partial charge in [0.15, 0.2) is 11.6 Å². The average Bonchev–Trinajstić information content (AvgIpc) is 2.95. The lowest BCUT2D eigenvalue weighted by Crippen LogP contribution is -2.51. The molecule has 2 amide bonds. The summed E-state index contributed by atoms with van der Waals surface area (Å²) in [6.07, 6.45) is 0.475. The molecule has 0 saturated carbocycles. The van der Waals surface area contributed by atoms with Crippen molar-refractivity contribution in [1.82, 2.24) is 10.2 Å². The second-order valence-electron chi connectivity index (χ2n) is 8.68. The molecule has 1 fully saturated rings. The number of amides is 2. The molecule has 0 aliphatic carbocycles. The first kappa shape index (κ1) is 26.4. The van der Waals surface area contributed by atoms with Crippen molar-refractivity contribution in [3.8, 4) is 0 Å². The maximum atomic E-state index is 13.9. The average molecular weight is 443 g/mol. The number of nitrogens with zero attached hydrogens (tertiary/aromatic N) is 2. The van der Waals surface area contributed by atoms with Gasteiger partial charge < -0.3 is 20.1 Å². The van der Waals surface area contributed by atoms with E-state index < -0.39 is 35.6 Å². The minimum Gasteiger partial charge on any atom is -0.548 e. The van der Waals surface area contributed by atoms with E-state index in [1.54, 1.807) is 35.0 Å². The minimum atomic E-state index is -1.38. The van der Waals surface area contributed by atoms with Crippen molar-refractivity contribution in [2.24, 2.45) is 5.92 Å². The Hall–Kier alpha value is -2.59. The molecule has 1 aliphatic rings. The Bertz CT molecular complexity index is 790. The Morgan fingerprint density at radius 1 is 1.29 bits per heavy atom. The van der Waals surface area contributed by atoms with Crippen LogP contribution in [0.1, 0.15) is 38.7 Å². The summed E-state index contributed by atoms with van der Waals surface area (Å²) >= 11 is 0. The number of aliphatic carboxylic acids is 1. The lowest BCUT2D eigenvalue weighted by atomic mass is 10.0. The van der Waals surface area contributed by atoms with Crippen LogP contribution >= 0.6 is 0 Å². The molecule has 0 bridgehead atoms. The SMILES string of the molecule is CC(C)[C@H](NC(=O)C[C@@H]1CCC(=O)N1Cc1cccc(F)c1F)C(=O)[O-].C[N+](C)(C)O. The number of quaternary nitrogens is 1. The molecule has 8 nitrogen and oxygen atoms in total. The van der Waals surface area contributed by atoms with Gasteiger partial charge in [0, 0.05) is 31.0 Å². The van der Waals surface area contributed by atoms with Gasteiger partial charge in [0.1, 0.15) is 0 Å². The summed E-state index contributed by atoms with van der Waals surface area (Å²) in [6, 6.07) is 2.09. The van der Waals surface area contributed by atoms with Crippen LogP contribution in [-0.4, -0.2) is 65.8 Å². The van der Waals surface area contributed by atoms with Gasteiger partial charge in [-0.1, -0.05) is 26.0 Å². The molecule has 2 N–H and O–H groups in total. The monoisotopic (exact) mass is 443 g/mol. The zero-order valence-corrected chi connectivity index (χ0v) is 18.5. The van der Waals surface area contributed by atoms with E-state index in [4.69, 9.17) is 5.21 Å². The van der Waals surface area contributed by atoms with Crippen molar-refractivity contribution in [2.45, 2.75) is 51.7 Å². The van der Waals surface area contributed by atoms with E-state index in [-0.39, 0.29) is 41.4 Å². The first-order valence-electron chi connectivity index (χ1n) is 9.97. The number of hydrogen-bond acceptors (Lipinski definition) is 5. The highest BCUT2D eigenvalue weighted by atomic mass is 19.2. The van der Waals surface area contributed by atoms with Gasteiger partial charge in [-0.25, -0.2) is 14.0 Å². The van der Waals surface area contributed by atoms with Crippen molar-refractivity contribution >= 4 is 17.8 Å². The quantitative estimate of drug-likeness (QED) is 0.479. The van der Waals surface area contributed by atoms with Gasteiger partial charge in [0.05, 0.1) is 33.2 Å². The fourth-order valence-electron chi connectivity index (χ4n) is 3.02. The van der Waals surface area contributed by atoms with Crippen LogP contribution in [0.2, 0.25) is 0 Å². The summed E-state index contributed by atoms with van der Waals surface area (Å²) in [5.74, 6) is -4.55. The third kappa shape index (κ3) is 8.97. The highest BCUT2D eigenvalue weighted by Gasteiger charge is 2.33. The smallest absolute Gasteiger partial charge is 0.223 e. The molecule has 1 saturated heterocycles. The number of carbonyl (C=O) groups excluding carboxylic acids is 3. The molecule has 2 atom stereocenters. The van der Waals surface area contributed by atoms with E-state index >= 15 is 0 Å². The molecule has 2 rings (SSSR count). The number of nitrogens with one attached hydrogen (secondary N) is 1. The van der Waals surface area contributed by atoms with Crippen molar-refractivity contribution in [1.29, 1.82) is 0 Å². The molecular formula is C21H31F2N3O5. The van der Waals surface area contributed by atoms with Crippen molar-refractivity contribution in [2.75, 3.05) is 21.1 Å². The number of benzene rings is 1. The van der Waals surface area contributed by atoms with Crippen LogP contribution in [-0.2, 0) is 20.9 Å². The number of carboxylic acid groups (broad SMARTS) is 1. The molecule has 0 aromatic heterocycles. The van der Waals surface area contributed by atoms with Crippen LogP contribution in [0.15, 0.2) is 18.2 Å². The topological polar surface area (TPSA) is 110 Å². The van der Waals surface area contributed by atoms with E-state index in [0.717, 1.165) is 6.07 Å². The third-order valence-electron chi connectivity index (χ3n) is 4.48. The van der Waals surface area contributed by atoms with Crippen LogP contribution in [0, 0.1) is 17.6 Å². The summed E-state index contributed by atoms with van der Waals surface area (Å²) in [7, 11) is 5.04. The maximum Gasteiger partial charge on any atom is 0.223 e. The van der Waals surface area contributed by atoms with E-state index in [0.29, 0.717) is 6.42 Å². The number of rotatable bonds is 7. The van der Waals surface area contributed by atoms with Crippen LogP contribution < -0.4 is 10.4 Å². The minimum absolute atomic E-state index is 0. The van der Waals surface area contributed by atoms with Gasteiger partial charge in [0.2, 0.25) is 11.8 Å². The Morgan fingerprint density at radius 2 is 1.87 bits per heavy atom. The summed E-state index contributed by atoms with van der Waals surface area (Å²) in [5, 5.41) is 21.9. The highest BCUT2D eigenvalue weighted by molar-refractivity contribution is 5.85. The first-order chi connectivity index (χ1) is 14.2. The Labute approximate surface area is 181 Å². The Kier molecular flexibility index (Phi) is 9.51. The zero-order chi connectivity index (χ0) is 23.9. The van der Waals surface area contributed by atoms with Gasteiger partial charge in [-0.05, 0) is 18.4 Å². The van der Waals surface area contributed by atoms with Crippen molar-refractivity contribution < 1.29 is 38.1 Å². The maximum absolute atomic E-state index is 13.9. The highest BCUT2D eigenvalue weighted by Crippen LogP contribution is 2.25. The molecule has 1 heterocycles. The second kappa shape index (κ2) is 11.1. The fourth-order valence-corrected chi connectivity index (χ4v) is 3.02. The standard InChI is InChI=1S/C18H22F2N2O4.C3H10NO/c1-10(2)17(18(25)26)21-14(23)8-12-6-7-15(24)22(12)9-11-4-3-5-13(19)16(11)20;1-4(2,3)5/h3-5,10,12,17H,6-9H2,1-2H3,(H,21,23)(H,25,26);5H,1-3H3/q;+1/p-1/t12-,17-;/m0./s1. The molecule has 31 heavy (non-hydrogen) atoms. The Morgan fingerprint density at radius 3 is 2.39 bits per heavy atom. The largest absolute Gasteiger partial charge is 0.548 e. The lowest BCUT2D eigenvalue weighted by molar-refractivity contribution is -1.06. The molecule has 10 heteroatoms. The summed E-state index contributed by atoms with van der Waals surface area (Å²) in [5.41, 5.74) is 0.0282. The molecule has 0 radical (unpaired) electrons. The van der Waals surface area contributed by atoms with Gasteiger partial charge >= 0.3 is 0 Å². The van der Waals surface area contributed by atoms with Crippen molar-refractivity contribution in [3.05, 3.63) is 35.4 Å². The number of hydrogen-bond donors (Lipinski definition) is 2. The molecule has 1 aromatic rings. The van der Waals surface area contributed by atoms with Crippen molar-refractivity contribution in [3.63, 3.8) is 0 Å². The lowest BCUT2D eigenvalue weighted by Gasteiger charge is -2.27.